The Morgan fingerprint density at radius 1 is 1.10 bits per heavy atom. The number of urea groups is 1. The zero-order valence-corrected chi connectivity index (χ0v) is 18.5. The topological polar surface area (TPSA) is 83.1 Å². The first-order valence-electron chi connectivity index (χ1n) is 10.5. The molecule has 0 saturated heterocycles. The van der Waals surface area contributed by atoms with E-state index in [0.717, 1.165) is 34.7 Å². The second-order valence-corrected chi connectivity index (χ2v) is 8.78. The van der Waals surface area contributed by atoms with Crippen LogP contribution in [-0.4, -0.2) is 29.5 Å². The summed E-state index contributed by atoms with van der Waals surface area (Å²) in [4.78, 5) is 29.3. The summed E-state index contributed by atoms with van der Waals surface area (Å²) in [5, 5.41) is 11.7. The van der Waals surface area contributed by atoms with Gasteiger partial charge in [-0.3, -0.25) is 4.79 Å². The maximum atomic E-state index is 12.3. The third kappa shape index (κ3) is 5.70. The fraction of sp³-hybridized carbons (Fsp3) is 0.292. The van der Waals surface area contributed by atoms with Crippen LogP contribution < -0.4 is 16.0 Å². The molecule has 0 unspecified atom stereocenters. The Hall–Kier alpha value is -3.19. The lowest BCUT2D eigenvalue weighted by Crippen LogP contribution is -2.31. The Morgan fingerprint density at radius 3 is 2.61 bits per heavy atom. The second kappa shape index (κ2) is 9.31. The summed E-state index contributed by atoms with van der Waals surface area (Å²) >= 11 is 1.61. The Morgan fingerprint density at radius 2 is 1.87 bits per heavy atom. The summed E-state index contributed by atoms with van der Waals surface area (Å²) in [6.07, 6.45) is 2.73. The number of amides is 3. The molecule has 0 aliphatic heterocycles. The summed E-state index contributed by atoms with van der Waals surface area (Å²) in [7, 11) is 0. The summed E-state index contributed by atoms with van der Waals surface area (Å²) in [6, 6.07) is 13.7. The molecule has 6 nitrogen and oxygen atoms in total. The van der Waals surface area contributed by atoms with Gasteiger partial charge in [-0.15, -0.1) is 11.3 Å². The van der Waals surface area contributed by atoms with Gasteiger partial charge in [0, 0.05) is 41.2 Å². The van der Waals surface area contributed by atoms with Gasteiger partial charge in [0.2, 0.25) is 0 Å². The van der Waals surface area contributed by atoms with E-state index < -0.39 is 0 Å². The molecular formula is C24H26N4O2S. The Kier molecular flexibility index (Phi) is 6.32. The molecule has 1 fully saturated rings. The average Bonchev–Trinajstić information content (AvgIpc) is 3.44. The lowest BCUT2D eigenvalue weighted by molar-refractivity contribution is 0.0951. The average molecular weight is 435 g/mol. The Balaban J connectivity index is 1.28. The predicted octanol–water partition coefficient (Wildman–Crippen LogP) is 4.68. The number of nitrogens with one attached hydrogen (secondary N) is 3. The van der Waals surface area contributed by atoms with Crippen LogP contribution in [0.1, 0.15) is 40.0 Å². The predicted molar refractivity (Wildman–Crippen MR) is 125 cm³/mol. The van der Waals surface area contributed by atoms with Crippen LogP contribution in [0.5, 0.6) is 0 Å². The van der Waals surface area contributed by atoms with Crippen molar-refractivity contribution < 1.29 is 9.59 Å². The highest BCUT2D eigenvalue weighted by molar-refractivity contribution is 7.13. The van der Waals surface area contributed by atoms with Gasteiger partial charge in [-0.2, -0.15) is 0 Å². The van der Waals surface area contributed by atoms with E-state index in [1.54, 1.807) is 23.5 Å². The number of benzene rings is 2. The van der Waals surface area contributed by atoms with E-state index in [1.165, 1.54) is 5.56 Å². The van der Waals surface area contributed by atoms with Gasteiger partial charge >= 0.3 is 6.03 Å². The SMILES string of the molecule is Cc1ccc(-c2nc(CCNC(=O)Nc3cc(C(=O)NC4CC4)ccc3C)cs2)cc1. The van der Waals surface area contributed by atoms with E-state index in [-0.39, 0.29) is 11.9 Å². The number of nitrogens with zero attached hydrogens (tertiary/aromatic N) is 1. The minimum absolute atomic E-state index is 0.0983. The number of anilines is 1. The normalized spacial score (nSPS) is 13.0. The summed E-state index contributed by atoms with van der Waals surface area (Å²) < 4.78 is 0. The summed E-state index contributed by atoms with van der Waals surface area (Å²) in [5.74, 6) is -0.0983. The molecule has 3 amide bonds. The number of carbonyl (C=O) groups is 2. The molecule has 31 heavy (non-hydrogen) atoms. The van der Waals surface area contributed by atoms with Gasteiger partial charge < -0.3 is 16.0 Å². The van der Waals surface area contributed by atoms with E-state index in [0.29, 0.717) is 30.3 Å². The molecule has 1 saturated carbocycles. The third-order valence-corrected chi connectivity index (χ3v) is 6.12. The van der Waals surface area contributed by atoms with E-state index in [2.05, 4.69) is 52.1 Å². The monoisotopic (exact) mass is 434 g/mol. The zero-order valence-electron chi connectivity index (χ0n) is 17.7. The lowest BCUT2D eigenvalue weighted by Gasteiger charge is -2.11. The van der Waals surface area contributed by atoms with Crippen LogP contribution in [-0.2, 0) is 6.42 Å². The van der Waals surface area contributed by atoms with Gasteiger partial charge in [-0.05, 0) is 44.4 Å². The molecule has 1 heterocycles. The quantitative estimate of drug-likeness (QED) is 0.505. The van der Waals surface area contributed by atoms with Gasteiger partial charge in [0.25, 0.3) is 5.91 Å². The van der Waals surface area contributed by atoms with Crippen molar-refractivity contribution in [3.8, 4) is 10.6 Å². The van der Waals surface area contributed by atoms with Gasteiger partial charge in [0.05, 0.1) is 5.69 Å². The van der Waals surface area contributed by atoms with Crippen molar-refractivity contribution in [3.63, 3.8) is 0 Å². The summed E-state index contributed by atoms with van der Waals surface area (Å²) in [6.45, 7) is 4.44. The smallest absolute Gasteiger partial charge is 0.319 e. The van der Waals surface area contributed by atoms with Crippen LogP contribution in [0.25, 0.3) is 10.6 Å². The molecule has 2 aromatic carbocycles. The highest BCUT2D eigenvalue weighted by Crippen LogP contribution is 2.24. The van der Waals surface area contributed by atoms with Crippen LogP contribution in [0.2, 0.25) is 0 Å². The first-order valence-corrected chi connectivity index (χ1v) is 11.3. The van der Waals surface area contributed by atoms with Crippen molar-refractivity contribution in [2.75, 3.05) is 11.9 Å². The Labute approximate surface area is 186 Å². The van der Waals surface area contributed by atoms with E-state index in [4.69, 9.17) is 0 Å². The van der Waals surface area contributed by atoms with Crippen LogP contribution in [0.4, 0.5) is 10.5 Å². The standard InChI is InChI=1S/C24H26N4O2S/c1-15-3-6-17(7-4-15)23-27-20(14-31-23)11-12-25-24(30)28-21-13-18(8-5-16(21)2)22(29)26-19-9-10-19/h3-8,13-14,19H,9-12H2,1-2H3,(H,26,29)(H2,25,28,30). The molecule has 3 aromatic rings. The number of carbonyl (C=O) groups excluding carboxylic acids is 2. The van der Waals surface area contributed by atoms with Gasteiger partial charge in [-0.25, -0.2) is 9.78 Å². The van der Waals surface area contributed by atoms with E-state index in [1.807, 2.05) is 18.4 Å². The molecule has 3 N–H and O–H groups in total. The molecule has 0 atom stereocenters. The first-order chi connectivity index (χ1) is 15.0. The zero-order chi connectivity index (χ0) is 21.8. The van der Waals surface area contributed by atoms with E-state index in [9.17, 15) is 9.59 Å². The molecule has 0 radical (unpaired) electrons. The molecule has 1 aliphatic carbocycles. The van der Waals surface area contributed by atoms with Crippen LogP contribution in [0.3, 0.4) is 0 Å². The number of rotatable bonds is 7. The molecule has 4 rings (SSSR count). The number of aryl methyl sites for hydroxylation is 2. The van der Waals surface area contributed by atoms with Crippen LogP contribution in [0.15, 0.2) is 47.8 Å². The molecule has 160 valence electrons. The molecule has 0 spiro atoms. The highest BCUT2D eigenvalue weighted by atomic mass is 32.1. The van der Waals surface area contributed by atoms with Crippen molar-refractivity contribution in [1.29, 1.82) is 0 Å². The fourth-order valence-electron chi connectivity index (χ4n) is 3.12. The van der Waals surface area contributed by atoms with Crippen molar-refractivity contribution in [3.05, 3.63) is 70.2 Å². The van der Waals surface area contributed by atoms with Gasteiger partial charge in [0.15, 0.2) is 0 Å². The fourth-order valence-corrected chi connectivity index (χ4v) is 3.98. The number of hydrogen-bond donors (Lipinski definition) is 3. The largest absolute Gasteiger partial charge is 0.349 e. The molecular weight excluding hydrogens is 408 g/mol. The lowest BCUT2D eigenvalue weighted by atomic mass is 10.1. The van der Waals surface area contributed by atoms with Crippen molar-refractivity contribution in [2.24, 2.45) is 0 Å². The molecule has 1 aliphatic rings. The van der Waals surface area contributed by atoms with Gasteiger partial charge in [0.1, 0.15) is 5.01 Å². The minimum atomic E-state index is -0.295. The van der Waals surface area contributed by atoms with Gasteiger partial charge in [-0.1, -0.05) is 35.9 Å². The minimum Gasteiger partial charge on any atom is -0.349 e. The van der Waals surface area contributed by atoms with Crippen LogP contribution in [0, 0.1) is 13.8 Å². The van der Waals surface area contributed by atoms with Crippen LogP contribution >= 0.6 is 11.3 Å². The summed E-state index contributed by atoms with van der Waals surface area (Å²) in [5.41, 5.74) is 5.38. The van der Waals surface area contributed by atoms with Crippen molar-refractivity contribution in [2.45, 2.75) is 39.2 Å². The number of aromatic nitrogens is 1. The van der Waals surface area contributed by atoms with E-state index >= 15 is 0 Å². The van der Waals surface area contributed by atoms with Crippen molar-refractivity contribution >= 4 is 29.0 Å². The maximum Gasteiger partial charge on any atom is 0.319 e. The maximum absolute atomic E-state index is 12.3. The third-order valence-electron chi connectivity index (χ3n) is 5.18. The molecule has 7 heteroatoms. The second-order valence-electron chi connectivity index (χ2n) is 7.92. The first kappa shape index (κ1) is 21.1. The molecule has 1 aromatic heterocycles. The Bertz CT molecular complexity index is 1090. The molecule has 0 bridgehead atoms. The number of hydrogen-bond acceptors (Lipinski definition) is 4. The highest BCUT2D eigenvalue weighted by Gasteiger charge is 2.24. The number of thiazole rings is 1. The van der Waals surface area contributed by atoms with Crippen molar-refractivity contribution in [1.82, 2.24) is 15.6 Å².